The van der Waals surface area contributed by atoms with Crippen molar-refractivity contribution in [1.82, 2.24) is 14.5 Å². The third-order valence-electron chi connectivity index (χ3n) is 6.06. The lowest BCUT2D eigenvalue weighted by Gasteiger charge is -2.49. The molecule has 0 spiro atoms. The van der Waals surface area contributed by atoms with Crippen LogP contribution in [0, 0.1) is 0 Å². The molecule has 0 amide bonds. The van der Waals surface area contributed by atoms with Gasteiger partial charge in [0.1, 0.15) is 24.0 Å². The van der Waals surface area contributed by atoms with E-state index in [1.807, 2.05) is 12.1 Å². The third-order valence-corrected chi connectivity index (χ3v) is 6.06. The maximum atomic E-state index is 13.0. The molecule has 1 aromatic carbocycles. The highest BCUT2D eigenvalue weighted by atomic mass is 35.5. The predicted molar refractivity (Wildman–Crippen MR) is 126 cm³/mol. The fourth-order valence-electron chi connectivity index (χ4n) is 4.76. The highest BCUT2D eigenvalue weighted by Crippen LogP contribution is 2.46. The van der Waals surface area contributed by atoms with Crippen molar-refractivity contribution in [2.45, 2.75) is 43.6 Å². The SMILES string of the molecule is CC1(O)CC(N)(c2ccc(-c3oc4ncn(CC(F)(F)F)c(=O)c4c3-c3ccccn3)cc2)C1.Cl. The summed E-state index contributed by atoms with van der Waals surface area (Å²) < 4.78 is 45.3. The number of hydrogen-bond donors (Lipinski definition) is 2. The van der Waals surface area contributed by atoms with E-state index in [0.29, 0.717) is 28.7 Å². The monoisotopic (exact) mass is 506 g/mol. The van der Waals surface area contributed by atoms with E-state index in [1.165, 1.54) is 6.20 Å². The summed E-state index contributed by atoms with van der Waals surface area (Å²) in [6.07, 6.45) is -1.39. The van der Waals surface area contributed by atoms with Gasteiger partial charge in [-0.05, 0) is 37.5 Å². The molecule has 3 heterocycles. The van der Waals surface area contributed by atoms with Crippen LogP contribution in [0.1, 0.15) is 25.3 Å². The van der Waals surface area contributed by atoms with Crippen LogP contribution in [0.4, 0.5) is 13.2 Å². The maximum Gasteiger partial charge on any atom is 0.406 e. The second-order valence-electron chi connectivity index (χ2n) is 9.08. The molecule has 0 bridgehead atoms. The molecule has 1 aliphatic rings. The molecule has 1 aliphatic carbocycles. The molecular formula is C24H22ClF3N4O3. The van der Waals surface area contributed by atoms with Crippen molar-refractivity contribution in [1.29, 1.82) is 0 Å². The minimum Gasteiger partial charge on any atom is -0.437 e. The van der Waals surface area contributed by atoms with Gasteiger partial charge in [-0.1, -0.05) is 30.3 Å². The molecule has 5 rings (SSSR count). The molecule has 35 heavy (non-hydrogen) atoms. The summed E-state index contributed by atoms with van der Waals surface area (Å²) >= 11 is 0. The first-order chi connectivity index (χ1) is 16.0. The van der Waals surface area contributed by atoms with E-state index in [1.54, 1.807) is 37.3 Å². The Morgan fingerprint density at radius 2 is 1.83 bits per heavy atom. The Morgan fingerprint density at radius 1 is 1.14 bits per heavy atom. The first-order valence-corrected chi connectivity index (χ1v) is 10.6. The van der Waals surface area contributed by atoms with Crippen molar-refractivity contribution in [3.05, 3.63) is 70.9 Å². The van der Waals surface area contributed by atoms with Crippen molar-refractivity contribution in [3.8, 4) is 22.6 Å². The molecule has 0 saturated heterocycles. The van der Waals surface area contributed by atoms with Gasteiger partial charge in [-0.25, -0.2) is 4.98 Å². The summed E-state index contributed by atoms with van der Waals surface area (Å²) in [6, 6.07) is 12.2. The van der Waals surface area contributed by atoms with Gasteiger partial charge >= 0.3 is 6.18 Å². The topological polar surface area (TPSA) is 107 Å². The number of pyridine rings is 1. The summed E-state index contributed by atoms with van der Waals surface area (Å²) in [7, 11) is 0. The molecule has 11 heteroatoms. The number of aliphatic hydroxyl groups is 1. The fraction of sp³-hybridized carbons (Fsp3) is 0.292. The lowest BCUT2D eigenvalue weighted by molar-refractivity contribution is -0.141. The van der Waals surface area contributed by atoms with Crippen LogP contribution in [0.5, 0.6) is 0 Å². The highest BCUT2D eigenvalue weighted by molar-refractivity contribution is 5.98. The van der Waals surface area contributed by atoms with Gasteiger partial charge < -0.3 is 15.3 Å². The number of furan rings is 1. The van der Waals surface area contributed by atoms with Gasteiger partial charge in [-0.15, -0.1) is 12.4 Å². The Hall–Kier alpha value is -3.21. The van der Waals surface area contributed by atoms with Crippen LogP contribution in [0.15, 0.2) is 64.2 Å². The molecule has 0 aliphatic heterocycles. The lowest BCUT2D eigenvalue weighted by atomic mass is 9.63. The Morgan fingerprint density at radius 3 is 2.40 bits per heavy atom. The van der Waals surface area contributed by atoms with Gasteiger partial charge in [0, 0.05) is 17.3 Å². The highest BCUT2D eigenvalue weighted by Gasteiger charge is 2.49. The van der Waals surface area contributed by atoms with Crippen molar-refractivity contribution in [2.75, 3.05) is 0 Å². The first kappa shape index (κ1) is 24.9. The van der Waals surface area contributed by atoms with E-state index < -0.39 is 29.4 Å². The number of halogens is 4. The maximum absolute atomic E-state index is 13.0. The zero-order valence-corrected chi connectivity index (χ0v) is 19.4. The van der Waals surface area contributed by atoms with Crippen LogP contribution >= 0.6 is 12.4 Å². The normalized spacial score (nSPS) is 22.0. The van der Waals surface area contributed by atoms with E-state index >= 15 is 0 Å². The van der Waals surface area contributed by atoms with Gasteiger partial charge in [0.2, 0.25) is 5.71 Å². The Kier molecular flexibility index (Phi) is 6.03. The minimum absolute atomic E-state index is 0. The smallest absolute Gasteiger partial charge is 0.406 e. The average Bonchev–Trinajstić information content (AvgIpc) is 3.14. The number of benzene rings is 1. The van der Waals surface area contributed by atoms with Crippen LogP contribution in [-0.4, -0.2) is 31.4 Å². The van der Waals surface area contributed by atoms with E-state index in [0.717, 1.165) is 11.9 Å². The first-order valence-electron chi connectivity index (χ1n) is 10.6. The summed E-state index contributed by atoms with van der Waals surface area (Å²) in [5.41, 5.74) is 6.08. The quantitative estimate of drug-likeness (QED) is 0.425. The molecule has 0 atom stereocenters. The molecule has 4 aromatic rings. The third kappa shape index (κ3) is 4.56. The number of fused-ring (bicyclic) bond motifs is 1. The molecule has 0 unspecified atom stereocenters. The zero-order chi connectivity index (χ0) is 24.3. The van der Waals surface area contributed by atoms with Crippen LogP contribution in [0.25, 0.3) is 33.7 Å². The van der Waals surface area contributed by atoms with E-state index in [-0.39, 0.29) is 34.8 Å². The Labute approximate surface area is 203 Å². The number of hydrogen-bond acceptors (Lipinski definition) is 6. The van der Waals surface area contributed by atoms with Crippen molar-refractivity contribution in [3.63, 3.8) is 0 Å². The van der Waals surface area contributed by atoms with Gasteiger partial charge in [0.05, 0.1) is 16.9 Å². The van der Waals surface area contributed by atoms with Crippen LogP contribution in [-0.2, 0) is 12.1 Å². The molecule has 3 N–H and O–H groups in total. The van der Waals surface area contributed by atoms with Gasteiger partial charge in [-0.3, -0.25) is 14.3 Å². The summed E-state index contributed by atoms with van der Waals surface area (Å²) in [5, 5.41) is 10.0. The summed E-state index contributed by atoms with van der Waals surface area (Å²) in [5.74, 6) is 0.265. The van der Waals surface area contributed by atoms with Crippen LogP contribution < -0.4 is 11.3 Å². The number of nitrogens with zero attached hydrogens (tertiary/aromatic N) is 3. The number of alkyl halides is 3. The molecular weight excluding hydrogens is 485 g/mol. The van der Waals surface area contributed by atoms with E-state index in [2.05, 4.69) is 9.97 Å². The summed E-state index contributed by atoms with van der Waals surface area (Å²) in [4.78, 5) is 21.3. The Bertz CT molecular complexity index is 1420. The predicted octanol–water partition coefficient (Wildman–Crippen LogP) is 4.40. The van der Waals surface area contributed by atoms with Crippen molar-refractivity contribution in [2.24, 2.45) is 5.73 Å². The van der Waals surface area contributed by atoms with Crippen molar-refractivity contribution < 1.29 is 22.7 Å². The largest absolute Gasteiger partial charge is 0.437 e. The molecule has 1 saturated carbocycles. The molecule has 184 valence electrons. The molecule has 1 fully saturated rings. The summed E-state index contributed by atoms with van der Waals surface area (Å²) in [6.45, 7) is 0.270. The second kappa shape index (κ2) is 8.47. The molecule has 7 nitrogen and oxygen atoms in total. The standard InChI is InChI=1S/C24H21F3N4O3.ClH/c1-22(33)10-23(28,11-22)15-7-5-14(6-8-15)19-17(16-4-2-3-9-29-16)18-20(34-19)30-13-31(21(18)32)12-24(25,26)27;/h2-9,13,33H,10-12,28H2,1H3;1H. The minimum atomic E-state index is -4.59. The van der Waals surface area contributed by atoms with E-state index in [4.69, 9.17) is 10.2 Å². The number of aromatic nitrogens is 3. The second-order valence-corrected chi connectivity index (χ2v) is 9.08. The van der Waals surface area contributed by atoms with Gasteiger partial charge in [0.25, 0.3) is 5.56 Å². The average molecular weight is 507 g/mol. The molecule has 3 aromatic heterocycles. The zero-order valence-electron chi connectivity index (χ0n) is 18.5. The van der Waals surface area contributed by atoms with Crippen LogP contribution in [0.3, 0.4) is 0 Å². The fourth-order valence-corrected chi connectivity index (χ4v) is 4.76. The molecule has 0 radical (unpaired) electrons. The lowest BCUT2D eigenvalue weighted by Crippen LogP contribution is -2.58. The van der Waals surface area contributed by atoms with E-state index in [9.17, 15) is 23.1 Å². The number of nitrogens with two attached hydrogens (primary N) is 1. The Balaban J connectivity index is 0.00000289. The number of rotatable bonds is 4. The van der Waals surface area contributed by atoms with Gasteiger partial charge in [-0.2, -0.15) is 13.2 Å². The van der Waals surface area contributed by atoms with Gasteiger partial charge in [0.15, 0.2) is 0 Å². The van der Waals surface area contributed by atoms with Crippen molar-refractivity contribution >= 4 is 23.5 Å². The van der Waals surface area contributed by atoms with Crippen LogP contribution in [0.2, 0.25) is 0 Å².